The van der Waals surface area contributed by atoms with Gasteiger partial charge in [0.1, 0.15) is 0 Å². The van der Waals surface area contributed by atoms with Crippen LogP contribution in [0.15, 0.2) is 18.2 Å². The van der Waals surface area contributed by atoms with Crippen LogP contribution in [0.2, 0.25) is 0 Å². The molecule has 3 heteroatoms. The molecule has 86 valence electrons. The van der Waals surface area contributed by atoms with E-state index < -0.39 is 0 Å². The predicted octanol–water partition coefficient (Wildman–Crippen LogP) is 1.09. The number of likely N-dealkylation sites (N-methyl/N-ethyl adjacent to an activating group) is 1. The Morgan fingerprint density at radius 3 is 2.75 bits per heavy atom. The SMILES string of the molecule is CN1CCc2cc(N3CCNCC3)ccc21. The summed E-state index contributed by atoms with van der Waals surface area (Å²) >= 11 is 0. The normalized spacial score (nSPS) is 20.1. The van der Waals surface area contributed by atoms with Crippen molar-refractivity contribution in [3.8, 4) is 0 Å². The van der Waals surface area contributed by atoms with Crippen molar-refractivity contribution in [2.45, 2.75) is 6.42 Å². The molecule has 1 saturated heterocycles. The lowest BCUT2D eigenvalue weighted by Crippen LogP contribution is -2.43. The van der Waals surface area contributed by atoms with Crippen LogP contribution in [0.25, 0.3) is 0 Å². The number of nitrogens with one attached hydrogen (secondary N) is 1. The summed E-state index contributed by atoms with van der Waals surface area (Å²) in [6, 6.07) is 6.93. The van der Waals surface area contributed by atoms with Crippen LogP contribution < -0.4 is 15.1 Å². The lowest BCUT2D eigenvalue weighted by atomic mass is 10.1. The van der Waals surface area contributed by atoms with E-state index >= 15 is 0 Å². The zero-order chi connectivity index (χ0) is 11.0. The molecule has 2 aliphatic heterocycles. The number of nitrogens with zero attached hydrogens (tertiary/aromatic N) is 2. The molecule has 0 bridgehead atoms. The lowest BCUT2D eigenvalue weighted by Gasteiger charge is -2.30. The molecule has 0 atom stereocenters. The van der Waals surface area contributed by atoms with Gasteiger partial charge in [0, 0.05) is 51.1 Å². The number of anilines is 2. The van der Waals surface area contributed by atoms with E-state index in [2.05, 4.69) is 40.4 Å². The number of fused-ring (bicyclic) bond motifs is 1. The van der Waals surface area contributed by atoms with Gasteiger partial charge >= 0.3 is 0 Å². The largest absolute Gasteiger partial charge is 0.374 e. The van der Waals surface area contributed by atoms with Crippen molar-refractivity contribution in [3.63, 3.8) is 0 Å². The van der Waals surface area contributed by atoms with Crippen molar-refractivity contribution in [2.24, 2.45) is 0 Å². The second kappa shape index (κ2) is 3.98. The molecule has 1 aromatic rings. The Balaban J connectivity index is 1.86. The van der Waals surface area contributed by atoms with Crippen LogP contribution in [0.5, 0.6) is 0 Å². The summed E-state index contributed by atoms with van der Waals surface area (Å²) in [5.41, 5.74) is 4.33. The van der Waals surface area contributed by atoms with Gasteiger partial charge < -0.3 is 15.1 Å². The molecule has 0 radical (unpaired) electrons. The number of benzene rings is 1. The van der Waals surface area contributed by atoms with Gasteiger partial charge in [0.15, 0.2) is 0 Å². The topological polar surface area (TPSA) is 18.5 Å². The van der Waals surface area contributed by atoms with Crippen molar-refractivity contribution < 1.29 is 0 Å². The molecule has 3 nitrogen and oxygen atoms in total. The van der Waals surface area contributed by atoms with Gasteiger partial charge in [-0.1, -0.05) is 0 Å². The van der Waals surface area contributed by atoms with E-state index in [0.717, 1.165) is 26.2 Å². The monoisotopic (exact) mass is 217 g/mol. The van der Waals surface area contributed by atoms with E-state index in [0.29, 0.717) is 0 Å². The Bertz CT molecular complexity index is 383. The fourth-order valence-electron chi connectivity index (χ4n) is 2.67. The second-order valence-electron chi connectivity index (χ2n) is 4.72. The van der Waals surface area contributed by atoms with Crippen LogP contribution in [0, 0.1) is 0 Å². The molecule has 1 N–H and O–H groups in total. The zero-order valence-electron chi connectivity index (χ0n) is 9.87. The molecule has 1 fully saturated rings. The third-order valence-electron chi connectivity index (χ3n) is 3.67. The van der Waals surface area contributed by atoms with Crippen LogP contribution in [0.3, 0.4) is 0 Å². The molecule has 0 aliphatic carbocycles. The minimum absolute atomic E-state index is 1.11. The highest BCUT2D eigenvalue weighted by Gasteiger charge is 2.17. The van der Waals surface area contributed by atoms with Gasteiger partial charge in [0.05, 0.1) is 0 Å². The quantitative estimate of drug-likeness (QED) is 0.759. The molecule has 2 heterocycles. The zero-order valence-corrected chi connectivity index (χ0v) is 9.87. The molecule has 0 saturated carbocycles. The smallest absolute Gasteiger partial charge is 0.0398 e. The summed E-state index contributed by atoms with van der Waals surface area (Å²) in [6.07, 6.45) is 1.20. The molecule has 2 aliphatic rings. The highest BCUT2D eigenvalue weighted by Crippen LogP contribution is 2.30. The van der Waals surface area contributed by atoms with Crippen molar-refractivity contribution >= 4 is 11.4 Å². The summed E-state index contributed by atoms with van der Waals surface area (Å²) in [5.74, 6) is 0. The maximum atomic E-state index is 3.39. The number of piperazine rings is 1. The van der Waals surface area contributed by atoms with Gasteiger partial charge in [-0.25, -0.2) is 0 Å². The average Bonchev–Trinajstić information content (AvgIpc) is 2.72. The Morgan fingerprint density at radius 2 is 1.94 bits per heavy atom. The summed E-state index contributed by atoms with van der Waals surface area (Å²) < 4.78 is 0. The first-order chi connectivity index (χ1) is 7.84. The van der Waals surface area contributed by atoms with Crippen LogP contribution in [-0.2, 0) is 6.42 Å². The third kappa shape index (κ3) is 1.65. The van der Waals surface area contributed by atoms with Gasteiger partial charge in [0.2, 0.25) is 0 Å². The fraction of sp³-hybridized carbons (Fsp3) is 0.538. The number of rotatable bonds is 1. The first-order valence-electron chi connectivity index (χ1n) is 6.14. The standard InChI is InChI=1S/C13H19N3/c1-15-7-4-11-10-12(2-3-13(11)15)16-8-5-14-6-9-16/h2-3,10,14H,4-9H2,1H3. The Morgan fingerprint density at radius 1 is 1.12 bits per heavy atom. The van der Waals surface area contributed by atoms with E-state index in [1.807, 2.05) is 0 Å². The third-order valence-corrected chi connectivity index (χ3v) is 3.67. The Hall–Kier alpha value is -1.22. The number of hydrogen-bond donors (Lipinski definition) is 1. The van der Waals surface area contributed by atoms with E-state index in [1.165, 1.54) is 29.9 Å². The van der Waals surface area contributed by atoms with Crippen LogP contribution >= 0.6 is 0 Å². The summed E-state index contributed by atoms with van der Waals surface area (Å²) in [4.78, 5) is 4.83. The van der Waals surface area contributed by atoms with Crippen molar-refractivity contribution in [1.29, 1.82) is 0 Å². The molecule has 0 unspecified atom stereocenters. The van der Waals surface area contributed by atoms with Crippen LogP contribution in [0.4, 0.5) is 11.4 Å². The highest BCUT2D eigenvalue weighted by atomic mass is 15.2. The summed E-state index contributed by atoms with van der Waals surface area (Å²) in [5, 5.41) is 3.39. The maximum absolute atomic E-state index is 3.39. The van der Waals surface area contributed by atoms with Gasteiger partial charge in [-0.05, 0) is 30.2 Å². The van der Waals surface area contributed by atoms with Gasteiger partial charge in [-0.15, -0.1) is 0 Å². The van der Waals surface area contributed by atoms with Crippen molar-refractivity contribution in [3.05, 3.63) is 23.8 Å². The fourth-order valence-corrected chi connectivity index (χ4v) is 2.67. The minimum Gasteiger partial charge on any atom is -0.374 e. The molecular formula is C13H19N3. The molecule has 0 amide bonds. The molecular weight excluding hydrogens is 198 g/mol. The van der Waals surface area contributed by atoms with E-state index in [4.69, 9.17) is 0 Å². The van der Waals surface area contributed by atoms with Crippen molar-refractivity contribution in [2.75, 3.05) is 49.6 Å². The minimum atomic E-state index is 1.11. The van der Waals surface area contributed by atoms with E-state index in [1.54, 1.807) is 0 Å². The van der Waals surface area contributed by atoms with Gasteiger partial charge in [0.25, 0.3) is 0 Å². The Labute approximate surface area is 97.0 Å². The van der Waals surface area contributed by atoms with E-state index in [-0.39, 0.29) is 0 Å². The molecule has 3 rings (SSSR count). The maximum Gasteiger partial charge on any atom is 0.0398 e. The first kappa shape index (κ1) is 9.97. The second-order valence-corrected chi connectivity index (χ2v) is 4.72. The van der Waals surface area contributed by atoms with Crippen molar-refractivity contribution in [1.82, 2.24) is 5.32 Å². The average molecular weight is 217 g/mol. The van der Waals surface area contributed by atoms with Gasteiger partial charge in [-0.3, -0.25) is 0 Å². The predicted molar refractivity (Wildman–Crippen MR) is 68.5 cm³/mol. The van der Waals surface area contributed by atoms with E-state index in [9.17, 15) is 0 Å². The first-order valence-corrected chi connectivity index (χ1v) is 6.14. The molecule has 0 spiro atoms. The van der Waals surface area contributed by atoms with Crippen LogP contribution in [-0.4, -0.2) is 39.8 Å². The molecule has 1 aromatic carbocycles. The van der Waals surface area contributed by atoms with Crippen LogP contribution in [0.1, 0.15) is 5.56 Å². The Kier molecular flexibility index (Phi) is 2.48. The molecule has 16 heavy (non-hydrogen) atoms. The molecule has 0 aromatic heterocycles. The van der Waals surface area contributed by atoms with Gasteiger partial charge in [-0.2, -0.15) is 0 Å². The summed E-state index contributed by atoms with van der Waals surface area (Å²) in [6.45, 7) is 5.65. The lowest BCUT2D eigenvalue weighted by molar-refractivity contribution is 0.589. The highest BCUT2D eigenvalue weighted by molar-refractivity contribution is 5.64. The number of hydrogen-bond acceptors (Lipinski definition) is 3. The summed E-state index contributed by atoms with van der Waals surface area (Å²) in [7, 11) is 2.18.